The van der Waals surface area contributed by atoms with E-state index in [0.717, 1.165) is 6.54 Å². The second kappa shape index (κ2) is 8.92. The second-order valence-corrected chi connectivity index (χ2v) is 4.44. The average Bonchev–Trinajstić information content (AvgIpc) is 1.86. The number of rotatable bonds is 3. The molecule has 0 aliphatic heterocycles. The van der Waals surface area contributed by atoms with Crippen LogP contribution in [-0.4, -0.2) is 59.7 Å². The maximum atomic E-state index is 9.71. The summed E-state index contributed by atoms with van der Waals surface area (Å²) < 4.78 is 28.6. The molecular weight excluding hydrogens is 179 g/mol. The molecule has 0 heterocycles. The predicted octanol–water partition coefficient (Wildman–Crippen LogP) is -1.64. The van der Waals surface area contributed by atoms with Crippen LogP contribution < -0.4 is 11.5 Å². The van der Waals surface area contributed by atoms with E-state index >= 15 is 0 Å². The molecule has 0 aromatic carbocycles. The van der Waals surface area contributed by atoms with E-state index in [1.54, 1.807) is 0 Å². The topological polar surface area (TPSA) is 106 Å². The first kappa shape index (κ1) is 14.4. The van der Waals surface area contributed by atoms with Gasteiger partial charge in [0.05, 0.1) is 5.75 Å². The van der Waals surface area contributed by atoms with Crippen LogP contribution in [0.25, 0.3) is 0 Å². The van der Waals surface area contributed by atoms with Crippen LogP contribution in [0.1, 0.15) is 0 Å². The molecule has 0 atom stereocenters. The van der Waals surface area contributed by atoms with Crippen molar-refractivity contribution in [1.82, 2.24) is 0 Å². The van der Waals surface area contributed by atoms with Gasteiger partial charge >= 0.3 is 43.9 Å². The fourth-order valence-electron chi connectivity index (χ4n) is 0.149. The molecular formula is C4H13N2NaO3S. The zero-order chi connectivity index (χ0) is 9.33. The van der Waals surface area contributed by atoms with Gasteiger partial charge in [-0.2, -0.15) is 8.42 Å². The van der Waals surface area contributed by atoms with Gasteiger partial charge in [0.15, 0.2) is 0 Å². The van der Waals surface area contributed by atoms with Gasteiger partial charge in [-0.15, -0.1) is 0 Å². The molecule has 7 heteroatoms. The summed E-state index contributed by atoms with van der Waals surface area (Å²) in [7, 11) is -3.80. The number of hydrogen-bond acceptors (Lipinski definition) is 4. The van der Waals surface area contributed by atoms with E-state index in [9.17, 15) is 8.42 Å². The average molecular weight is 192 g/mol. The minimum atomic E-state index is -3.80. The van der Waals surface area contributed by atoms with Crippen LogP contribution >= 0.6 is 0 Å². The van der Waals surface area contributed by atoms with Crippen LogP contribution in [0.3, 0.4) is 0 Å². The van der Waals surface area contributed by atoms with E-state index in [2.05, 4.69) is 0 Å². The molecule has 0 aliphatic carbocycles. The molecule has 0 aromatic heterocycles. The SMILES string of the molecule is NCCS(=O)(=O)O.NC[CH2][Na]. The summed E-state index contributed by atoms with van der Waals surface area (Å²) in [5.41, 5.74) is 9.84. The van der Waals surface area contributed by atoms with Gasteiger partial charge in [0.1, 0.15) is 0 Å². The Bertz CT molecular complexity index is 157. The molecule has 5 nitrogen and oxygen atoms in total. The first-order chi connectivity index (χ1) is 4.97. The molecule has 0 spiro atoms. The Labute approximate surface area is 84.7 Å². The second-order valence-electron chi connectivity index (χ2n) is 1.86. The minimum absolute atomic E-state index is 0.0289. The summed E-state index contributed by atoms with van der Waals surface area (Å²) in [6, 6.07) is 0. The molecule has 0 unspecified atom stereocenters. The van der Waals surface area contributed by atoms with Gasteiger partial charge < -0.3 is 5.73 Å². The molecule has 0 bridgehead atoms. The van der Waals surface area contributed by atoms with E-state index in [-0.39, 0.29) is 12.3 Å². The fourth-order valence-corrected chi connectivity index (χ4v) is 0.447. The normalized spacial score (nSPS) is 10.3. The summed E-state index contributed by atoms with van der Waals surface area (Å²) in [5.74, 6) is -0.354. The van der Waals surface area contributed by atoms with Gasteiger partial charge in [0, 0.05) is 6.54 Å². The van der Waals surface area contributed by atoms with Crippen LogP contribution in [0.5, 0.6) is 0 Å². The molecule has 11 heavy (non-hydrogen) atoms. The van der Waals surface area contributed by atoms with Crippen molar-refractivity contribution in [1.29, 1.82) is 0 Å². The Morgan fingerprint density at radius 2 is 1.64 bits per heavy atom. The van der Waals surface area contributed by atoms with Gasteiger partial charge in [0.25, 0.3) is 10.1 Å². The Morgan fingerprint density at radius 1 is 1.27 bits per heavy atom. The van der Waals surface area contributed by atoms with Crippen molar-refractivity contribution in [3.05, 3.63) is 0 Å². The summed E-state index contributed by atoms with van der Waals surface area (Å²) >= 11 is 1.26. The Balaban J connectivity index is 0. The zero-order valence-electron chi connectivity index (χ0n) is 6.66. The molecule has 0 radical (unpaired) electrons. The summed E-state index contributed by atoms with van der Waals surface area (Å²) in [5, 5.41) is 0. The number of hydrogen-bond donors (Lipinski definition) is 3. The Kier molecular flexibility index (Phi) is 11.6. The summed E-state index contributed by atoms with van der Waals surface area (Å²) in [6.07, 6.45) is 0. The van der Waals surface area contributed by atoms with E-state index in [1.807, 2.05) is 0 Å². The molecule has 0 aliphatic rings. The molecule has 0 saturated carbocycles. The standard InChI is InChI=1S/C2H7NO3S.C2H6N.Na/c3-1-2-7(4,5)6;1-2-3;/h1-3H2,(H,4,5,6);1-3H2;. The molecule has 0 fully saturated rings. The molecule has 5 N–H and O–H groups in total. The van der Waals surface area contributed by atoms with E-state index in [1.165, 1.54) is 31.6 Å². The van der Waals surface area contributed by atoms with Crippen LogP contribution in [-0.2, 0) is 10.1 Å². The number of nitrogens with two attached hydrogens (primary N) is 2. The third-order valence-corrected chi connectivity index (χ3v) is 1.99. The van der Waals surface area contributed by atoms with Gasteiger partial charge in [-0.3, -0.25) is 4.55 Å². The first-order valence-electron chi connectivity index (χ1n) is 3.33. The summed E-state index contributed by atoms with van der Waals surface area (Å²) in [4.78, 5) is 0. The van der Waals surface area contributed by atoms with Gasteiger partial charge in [0.2, 0.25) is 0 Å². The van der Waals surface area contributed by atoms with Crippen molar-refractivity contribution in [3.8, 4) is 0 Å². The van der Waals surface area contributed by atoms with Crippen molar-refractivity contribution in [2.24, 2.45) is 11.5 Å². The molecule has 0 saturated heterocycles. The molecule has 0 rings (SSSR count). The maximum absolute atomic E-state index is 9.71. The Morgan fingerprint density at radius 3 is 1.64 bits per heavy atom. The fraction of sp³-hybridized carbons (Fsp3) is 1.00. The molecule has 0 amide bonds. The summed E-state index contributed by atoms with van der Waals surface area (Å²) in [6.45, 7) is 0.852. The van der Waals surface area contributed by atoms with Crippen LogP contribution in [0.4, 0.5) is 0 Å². The predicted molar refractivity (Wildman–Crippen MR) is 45.1 cm³/mol. The van der Waals surface area contributed by atoms with Gasteiger partial charge in [-0.1, -0.05) is 0 Å². The van der Waals surface area contributed by atoms with Gasteiger partial charge in [-0.25, -0.2) is 0 Å². The van der Waals surface area contributed by atoms with Crippen molar-refractivity contribution >= 4 is 38.0 Å². The zero-order valence-corrected chi connectivity index (χ0v) is 9.47. The van der Waals surface area contributed by atoms with Gasteiger partial charge in [-0.05, 0) is 0 Å². The van der Waals surface area contributed by atoms with Crippen molar-refractivity contribution in [2.75, 3.05) is 18.8 Å². The van der Waals surface area contributed by atoms with Crippen molar-refractivity contribution < 1.29 is 13.0 Å². The third kappa shape index (κ3) is 24.8. The van der Waals surface area contributed by atoms with E-state index < -0.39 is 10.1 Å². The third-order valence-electron chi connectivity index (χ3n) is 0.664. The monoisotopic (exact) mass is 192 g/mol. The first-order valence-corrected chi connectivity index (χ1v) is 6.35. The quantitative estimate of drug-likeness (QED) is 0.367. The van der Waals surface area contributed by atoms with Crippen LogP contribution in [0, 0.1) is 0 Å². The molecule has 0 aromatic rings. The van der Waals surface area contributed by atoms with Crippen molar-refractivity contribution in [2.45, 2.75) is 3.67 Å². The van der Waals surface area contributed by atoms with E-state index in [4.69, 9.17) is 16.0 Å². The van der Waals surface area contributed by atoms with Crippen molar-refractivity contribution in [3.63, 3.8) is 0 Å². The molecule has 64 valence electrons. The van der Waals surface area contributed by atoms with Crippen LogP contribution in [0.15, 0.2) is 0 Å². The van der Waals surface area contributed by atoms with E-state index in [0.29, 0.717) is 0 Å². The van der Waals surface area contributed by atoms with Crippen LogP contribution in [0.2, 0.25) is 3.67 Å². The Hall–Kier alpha value is 0.830.